The van der Waals surface area contributed by atoms with Crippen molar-refractivity contribution in [3.05, 3.63) is 53.1 Å². The van der Waals surface area contributed by atoms with Gasteiger partial charge in [0.05, 0.1) is 29.5 Å². The van der Waals surface area contributed by atoms with E-state index in [1.807, 2.05) is 12.1 Å². The van der Waals surface area contributed by atoms with Crippen molar-refractivity contribution in [3.8, 4) is 11.8 Å². The minimum atomic E-state index is -0.248. The molecule has 1 amide bonds. The first-order valence-corrected chi connectivity index (χ1v) is 7.75. The summed E-state index contributed by atoms with van der Waals surface area (Å²) >= 11 is 7.37. The van der Waals surface area contributed by atoms with Gasteiger partial charge >= 0.3 is 0 Å². The zero-order chi connectivity index (χ0) is 15.9. The first-order valence-electron chi connectivity index (χ1n) is 6.39. The zero-order valence-electron chi connectivity index (χ0n) is 11.8. The number of nitrogens with one attached hydrogen (secondary N) is 1. The molecule has 0 saturated heterocycles. The molecule has 4 nitrogen and oxygen atoms in total. The Bertz CT molecular complexity index is 728. The van der Waals surface area contributed by atoms with Gasteiger partial charge in [0.25, 0.3) is 5.91 Å². The lowest BCUT2D eigenvalue weighted by molar-refractivity contribution is 0.102. The van der Waals surface area contributed by atoms with E-state index in [4.69, 9.17) is 21.6 Å². The first kappa shape index (κ1) is 16.2. The Morgan fingerprint density at radius 1 is 1.36 bits per heavy atom. The lowest BCUT2D eigenvalue weighted by Gasteiger charge is -2.10. The van der Waals surface area contributed by atoms with Crippen LogP contribution in [0.3, 0.4) is 0 Å². The Labute approximate surface area is 138 Å². The van der Waals surface area contributed by atoms with Crippen LogP contribution in [0.4, 0.5) is 5.69 Å². The van der Waals surface area contributed by atoms with Crippen molar-refractivity contribution >= 4 is 35.0 Å². The number of halogens is 1. The topological polar surface area (TPSA) is 62.1 Å². The van der Waals surface area contributed by atoms with E-state index in [2.05, 4.69) is 11.4 Å². The van der Waals surface area contributed by atoms with Gasteiger partial charge in [0.15, 0.2) is 0 Å². The number of nitrogens with zero attached hydrogens (tertiary/aromatic N) is 1. The molecule has 0 heterocycles. The number of hydrogen-bond donors (Lipinski definition) is 1. The predicted octanol–water partition coefficient (Wildman–Crippen LogP) is 4.22. The second kappa shape index (κ2) is 7.74. The van der Waals surface area contributed by atoms with Crippen LogP contribution in [0.15, 0.2) is 47.4 Å². The van der Waals surface area contributed by atoms with Crippen molar-refractivity contribution in [2.45, 2.75) is 4.90 Å². The Morgan fingerprint density at radius 3 is 2.82 bits per heavy atom. The maximum atomic E-state index is 12.4. The average molecular weight is 333 g/mol. The molecule has 0 aromatic heterocycles. The van der Waals surface area contributed by atoms with E-state index in [0.29, 0.717) is 27.8 Å². The molecule has 2 aromatic rings. The average Bonchev–Trinajstić information content (AvgIpc) is 2.53. The molecule has 0 aliphatic rings. The van der Waals surface area contributed by atoms with Gasteiger partial charge in [0.1, 0.15) is 5.75 Å². The number of carbonyl (C=O) groups is 1. The highest BCUT2D eigenvalue weighted by Crippen LogP contribution is 2.28. The molecule has 0 spiro atoms. The van der Waals surface area contributed by atoms with Crippen LogP contribution in [0.1, 0.15) is 10.4 Å². The summed E-state index contributed by atoms with van der Waals surface area (Å²) < 4.78 is 5.07. The third-order valence-electron chi connectivity index (χ3n) is 2.83. The van der Waals surface area contributed by atoms with Crippen LogP contribution in [0, 0.1) is 11.3 Å². The van der Waals surface area contributed by atoms with Gasteiger partial charge < -0.3 is 10.1 Å². The number of thioether (sulfide) groups is 1. The summed E-state index contributed by atoms with van der Waals surface area (Å²) in [5.74, 6) is 0.588. The van der Waals surface area contributed by atoms with E-state index in [0.717, 1.165) is 4.90 Å². The zero-order valence-corrected chi connectivity index (χ0v) is 13.4. The van der Waals surface area contributed by atoms with Crippen LogP contribution < -0.4 is 10.1 Å². The fourth-order valence-electron chi connectivity index (χ4n) is 1.83. The summed E-state index contributed by atoms with van der Waals surface area (Å²) in [7, 11) is 1.53. The maximum Gasteiger partial charge on any atom is 0.256 e. The summed E-state index contributed by atoms with van der Waals surface area (Å²) in [6.45, 7) is 0. The summed E-state index contributed by atoms with van der Waals surface area (Å²) in [5.41, 5.74) is 1.10. The Balaban J connectivity index is 2.19. The van der Waals surface area contributed by atoms with E-state index in [9.17, 15) is 4.79 Å². The monoisotopic (exact) mass is 332 g/mol. The smallest absolute Gasteiger partial charge is 0.256 e. The molecule has 112 valence electrons. The number of amides is 1. The predicted molar refractivity (Wildman–Crippen MR) is 88.7 cm³/mol. The van der Waals surface area contributed by atoms with Crippen LogP contribution in [0.2, 0.25) is 5.02 Å². The Kier molecular flexibility index (Phi) is 5.70. The molecular weight excluding hydrogens is 320 g/mol. The van der Waals surface area contributed by atoms with Crippen LogP contribution in [0.5, 0.6) is 5.75 Å². The maximum absolute atomic E-state index is 12.4. The molecule has 6 heteroatoms. The van der Waals surface area contributed by atoms with Crippen LogP contribution in [-0.2, 0) is 0 Å². The highest BCUT2D eigenvalue weighted by atomic mass is 35.5. The van der Waals surface area contributed by atoms with E-state index >= 15 is 0 Å². The van der Waals surface area contributed by atoms with E-state index in [-0.39, 0.29) is 5.91 Å². The highest BCUT2D eigenvalue weighted by Gasteiger charge is 2.12. The fraction of sp³-hybridized carbons (Fsp3) is 0.125. The number of carbonyl (C=O) groups excluding carboxylic acids is 1. The van der Waals surface area contributed by atoms with Crippen LogP contribution >= 0.6 is 23.4 Å². The Morgan fingerprint density at radius 2 is 2.14 bits per heavy atom. The number of rotatable bonds is 5. The quantitative estimate of drug-likeness (QED) is 0.833. The Hall–Kier alpha value is -2.16. The highest BCUT2D eigenvalue weighted by molar-refractivity contribution is 7.99. The van der Waals surface area contributed by atoms with Gasteiger partial charge in [-0.25, -0.2) is 0 Å². The number of anilines is 1. The van der Waals surface area contributed by atoms with Gasteiger partial charge in [-0.15, -0.1) is 11.8 Å². The van der Waals surface area contributed by atoms with Crippen molar-refractivity contribution in [3.63, 3.8) is 0 Å². The molecule has 0 unspecified atom stereocenters. The van der Waals surface area contributed by atoms with E-state index in [1.54, 1.807) is 30.3 Å². The number of hydrogen-bond acceptors (Lipinski definition) is 4. The molecule has 0 aliphatic heterocycles. The fourth-order valence-corrected chi connectivity index (χ4v) is 2.80. The molecule has 0 bridgehead atoms. The lowest BCUT2D eigenvalue weighted by Crippen LogP contribution is -2.13. The van der Waals surface area contributed by atoms with Gasteiger partial charge in [-0.3, -0.25) is 4.79 Å². The third kappa shape index (κ3) is 3.94. The molecule has 0 aliphatic carbocycles. The van der Waals surface area contributed by atoms with Gasteiger partial charge in [0, 0.05) is 10.6 Å². The number of ether oxygens (including phenoxy) is 1. The van der Waals surface area contributed by atoms with Crippen molar-refractivity contribution in [2.75, 3.05) is 18.2 Å². The summed E-state index contributed by atoms with van der Waals surface area (Å²) in [5, 5.41) is 11.9. The van der Waals surface area contributed by atoms with Crippen molar-refractivity contribution in [2.24, 2.45) is 0 Å². The van der Waals surface area contributed by atoms with E-state index < -0.39 is 0 Å². The van der Waals surface area contributed by atoms with Gasteiger partial charge in [-0.2, -0.15) is 5.26 Å². The molecule has 2 rings (SSSR count). The molecule has 0 radical (unpaired) electrons. The molecular formula is C16H13ClN2O2S. The van der Waals surface area contributed by atoms with E-state index in [1.165, 1.54) is 18.9 Å². The molecule has 0 saturated carbocycles. The SMILES string of the molecule is COc1ccc(NC(=O)c2ccccc2SCC#N)cc1Cl. The van der Waals surface area contributed by atoms with Gasteiger partial charge in [-0.1, -0.05) is 23.7 Å². The summed E-state index contributed by atoms with van der Waals surface area (Å²) in [4.78, 5) is 13.1. The minimum absolute atomic E-state index is 0.248. The molecule has 0 atom stereocenters. The van der Waals surface area contributed by atoms with Gasteiger partial charge in [0.2, 0.25) is 0 Å². The third-order valence-corrected chi connectivity index (χ3v) is 4.07. The molecule has 22 heavy (non-hydrogen) atoms. The van der Waals surface area contributed by atoms with Crippen molar-refractivity contribution < 1.29 is 9.53 Å². The lowest BCUT2D eigenvalue weighted by atomic mass is 10.2. The van der Waals surface area contributed by atoms with Crippen LogP contribution in [0.25, 0.3) is 0 Å². The standard InChI is InChI=1S/C16H13ClN2O2S/c1-21-14-7-6-11(10-13(14)17)19-16(20)12-4-2-3-5-15(12)22-9-8-18/h2-7,10H,9H2,1H3,(H,19,20). The normalized spacial score (nSPS) is 9.86. The molecule has 2 aromatic carbocycles. The minimum Gasteiger partial charge on any atom is -0.495 e. The second-order valence-corrected chi connectivity index (χ2v) is 5.67. The van der Waals surface area contributed by atoms with Crippen LogP contribution in [-0.4, -0.2) is 18.8 Å². The van der Waals surface area contributed by atoms with Crippen molar-refractivity contribution in [1.82, 2.24) is 0 Å². The molecule has 0 fully saturated rings. The second-order valence-electron chi connectivity index (χ2n) is 4.25. The number of benzene rings is 2. The molecule has 1 N–H and O–H groups in total. The summed E-state index contributed by atoms with van der Waals surface area (Å²) in [6.07, 6.45) is 0. The largest absolute Gasteiger partial charge is 0.495 e. The van der Waals surface area contributed by atoms with Gasteiger partial charge in [-0.05, 0) is 30.3 Å². The number of methoxy groups -OCH3 is 1. The first-order chi connectivity index (χ1) is 10.7. The summed E-state index contributed by atoms with van der Waals surface area (Å²) in [6, 6.07) is 14.2. The number of nitriles is 1. The van der Waals surface area contributed by atoms with Crippen molar-refractivity contribution in [1.29, 1.82) is 5.26 Å².